The van der Waals surface area contributed by atoms with Crippen molar-refractivity contribution < 1.29 is 58.2 Å². The number of aliphatic hydroxyl groups excluding tert-OH is 2. The number of esters is 1. The molecule has 1 amide bonds. The van der Waals surface area contributed by atoms with Gasteiger partial charge in [-0.2, -0.15) is 0 Å². The molecule has 2 bridgehead atoms. The van der Waals surface area contributed by atoms with Crippen molar-refractivity contribution in [3.05, 3.63) is 36.0 Å². The largest absolute Gasteiger partial charge is 0.456 e. The van der Waals surface area contributed by atoms with Crippen molar-refractivity contribution in [2.75, 3.05) is 27.9 Å². The molecule has 0 aromatic rings. The molecular formula is C44H69NO12. The molecule has 322 valence electrons. The topological polar surface area (TPSA) is 178 Å². The van der Waals surface area contributed by atoms with Gasteiger partial charge in [0.15, 0.2) is 0 Å². The number of amides is 1. The number of allylic oxidation sites excluding steroid dienone is 4. The van der Waals surface area contributed by atoms with Crippen molar-refractivity contribution in [3.63, 3.8) is 0 Å². The lowest BCUT2D eigenvalue weighted by Gasteiger charge is -2.47. The number of nitrogens with zero attached hydrogens (tertiary/aromatic N) is 1. The SMILES string of the molecule is C=CC[C@H]1C=C(C)C[C@H](C)C[C@H](OC)[C@H]2O[C@@](O)(C(=O)C(=O)N3CCCC[C@H]3C(=O)O[C@H](/C(C)=C/[C@@H]3CC[C@@H](O)[C@H](OC)C3)[C@H](C)[C@@H](O)CC1=O)[C@H](C)C[C@@H]2OC. The number of rotatable bonds is 7. The van der Waals surface area contributed by atoms with Crippen molar-refractivity contribution in [3.8, 4) is 0 Å². The molecule has 13 nitrogen and oxygen atoms in total. The van der Waals surface area contributed by atoms with Gasteiger partial charge in [-0.05, 0) is 95.5 Å². The second-order valence-corrected chi connectivity index (χ2v) is 17.3. The maximum Gasteiger partial charge on any atom is 0.329 e. The summed E-state index contributed by atoms with van der Waals surface area (Å²) in [4.78, 5) is 57.8. The second kappa shape index (κ2) is 21.0. The van der Waals surface area contributed by atoms with Crippen LogP contribution in [0.4, 0.5) is 0 Å². The van der Waals surface area contributed by atoms with Crippen LogP contribution in [0, 0.1) is 29.6 Å². The number of hydrogen-bond donors (Lipinski definition) is 3. The van der Waals surface area contributed by atoms with E-state index in [9.17, 15) is 34.5 Å². The Kier molecular flexibility index (Phi) is 17.2. The number of ether oxygens (including phenoxy) is 5. The van der Waals surface area contributed by atoms with E-state index in [2.05, 4.69) is 6.58 Å². The number of ketones is 2. The lowest BCUT2D eigenvalue weighted by atomic mass is 9.81. The highest BCUT2D eigenvalue weighted by Crippen LogP contribution is 2.39. The maximum atomic E-state index is 14.3. The third kappa shape index (κ3) is 11.3. The van der Waals surface area contributed by atoms with Crippen LogP contribution in [-0.2, 0) is 42.9 Å². The quantitative estimate of drug-likeness (QED) is 0.185. The van der Waals surface area contributed by atoms with Crippen LogP contribution >= 0.6 is 0 Å². The minimum atomic E-state index is -2.51. The molecule has 13 heteroatoms. The molecule has 57 heavy (non-hydrogen) atoms. The third-order valence-corrected chi connectivity index (χ3v) is 12.9. The maximum absolute atomic E-state index is 14.3. The zero-order valence-electron chi connectivity index (χ0n) is 35.4. The van der Waals surface area contributed by atoms with Crippen LogP contribution in [0.5, 0.6) is 0 Å². The number of carbonyl (C=O) groups excluding carboxylic acids is 4. The number of fused-ring (bicyclic) bond motifs is 3. The van der Waals surface area contributed by atoms with Gasteiger partial charge >= 0.3 is 5.97 Å². The van der Waals surface area contributed by atoms with Crippen molar-refractivity contribution in [1.82, 2.24) is 4.90 Å². The van der Waals surface area contributed by atoms with E-state index in [0.717, 1.165) is 5.57 Å². The Morgan fingerprint density at radius 1 is 0.930 bits per heavy atom. The molecule has 3 fully saturated rings. The molecule has 0 aromatic carbocycles. The lowest BCUT2D eigenvalue weighted by Crippen LogP contribution is -2.64. The lowest BCUT2D eigenvalue weighted by molar-refractivity contribution is -0.302. The van der Waals surface area contributed by atoms with Gasteiger partial charge in [0.2, 0.25) is 5.79 Å². The predicted molar refractivity (Wildman–Crippen MR) is 213 cm³/mol. The minimum absolute atomic E-state index is 0.00988. The summed E-state index contributed by atoms with van der Waals surface area (Å²) in [6.45, 7) is 13.1. The summed E-state index contributed by atoms with van der Waals surface area (Å²) in [6, 6.07) is -1.14. The van der Waals surface area contributed by atoms with Gasteiger partial charge in [-0.1, -0.05) is 44.6 Å². The zero-order chi connectivity index (χ0) is 42.2. The number of Topliss-reactive ketones (excluding diaryl/α,β-unsaturated/α-hetero) is 2. The molecule has 3 heterocycles. The Morgan fingerprint density at radius 2 is 1.60 bits per heavy atom. The smallest absolute Gasteiger partial charge is 0.329 e. The summed E-state index contributed by atoms with van der Waals surface area (Å²) in [7, 11) is 4.61. The molecule has 4 aliphatic rings. The Hall–Kier alpha value is -2.78. The van der Waals surface area contributed by atoms with E-state index in [1.165, 1.54) is 19.1 Å². The summed E-state index contributed by atoms with van der Waals surface area (Å²) >= 11 is 0. The Labute approximate surface area is 339 Å². The molecule has 0 aromatic heterocycles. The number of methoxy groups -OCH3 is 3. The van der Waals surface area contributed by atoms with Crippen LogP contribution in [0.2, 0.25) is 0 Å². The van der Waals surface area contributed by atoms with Gasteiger partial charge in [0, 0.05) is 52.0 Å². The standard InChI is InChI=1S/C44H69NO12/c1-10-13-31-19-25(2)18-26(3)20-37(54-8)40-38(55-9)22-28(5)44(52,57-40)41(49)42(50)45-17-12-11-14-32(45)43(51)56-39(29(6)34(47)24-35(31)48)27(4)21-30-15-16-33(46)36(23-30)53-7/h10,19,21,26,28-34,36-40,46-47,52H,1,11-18,20,22-24H2,2-9H3/b25-19?,27-21+/t26-,28+,29+,30-,31-,32-,33+,34-,36+,37-,38-,39+,40+,44+/m0/s1. The molecule has 14 atom stereocenters. The highest BCUT2D eigenvalue weighted by atomic mass is 16.7. The van der Waals surface area contributed by atoms with Gasteiger partial charge in [0.25, 0.3) is 11.7 Å². The number of aliphatic hydroxyl groups is 3. The van der Waals surface area contributed by atoms with Crippen LogP contribution in [0.25, 0.3) is 0 Å². The molecule has 0 radical (unpaired) electrons. The van der Waals surface area contributed by atoms with E-state index in [1.807, 2.05) is 32.9 Å². The molecule has 1 saturated carbocycles. The first-order valence-corrected chi connectivity index (χ1v) is 20.9. The normalized spacial score (nSPS) is 40.1. The molecule has 4 rings (SSSR count). The average molecular weight is 804 g/mol. The number of piperidine rings is 1. The monoisotopic (exact) mass is 803 g/mol. The van der Waals surface area contributed by atoms with Gasteiger partial charge in [-0.3, -0.25) is 14.4 Å². The molecule has 0 unspecified atom stereocenters. The van der Waals surface area contributed by atoms with E-state index >= 15 is 0 Å². The van der Waals surface area contributed by atoms with Crippen molar-refractivity contribution >= 4 is 23.4 Å². The molecule has 3 aliphatic heterocycles. The Balaban J connectivity index is 1.78. The molecule has 0 spiro atoms. The highest BCUT2D eigenvalue weighted by Gasteiger charge is 2.56. The zero-order valence-corrected chi connectivity index (χ0v) is 35.4. The number of cyclic esters (lactones) is 1. The highest BCUT2D eigenvalue weighted by molar-refractivity contribution is 6.39. The summed E-state index contributed by atoms with van der Waals surface area (Å²) in [6.07, 6.45) is 4.93. The van der Waals surface area contributed by atoms with Crippen LogP contribution in [0.3, 0.4) is 0 Å². The molecule has 2 saturated heterocycles. The number of carbonyl (C=O) groups is 4. The van der Waals surface area contributed by atoms with E-state index in [1.54, 1.807) is 27.0 Å². The van der Waals surface area contributed by atoms with Gasteiger partial charge < -0.3 is 43.9 Å². The molecule has 3 N–H and O–H groups in total. The number of hydrogen-bond acceptors (Lipinski definition) is 12. The summed E-state index contributed by atoms with van der Waals surface area (Å²) < 4.78 is 29.7. The summed E-state index contributed by atoms with van der Waals surface area (Å²) in [5.41, 5.74) is 1.61. The Morgan fingerprint density at radius 3 is 2.25 bits per heavy atom. The fraction of sp³-hybridized carbons (Fsp3) is 0.773. The van der Waals surface area contributed by atoms with Gasteiger partial charge in [0.1, 0.15) is 24.0 Å². The van der Waals surface area contributed by atoms with Crippen LogP contribution in [0.1, 0.15) is 105 Å². The Bertz CT molecular complexity index is 1480. The first-order valence-electron chi connectivity index (χ1n) is 20.9. The second-order valence-electron chi connectivity index (χ2n) is 17.3. The van der Waals surface area contributed by atoms with Crippen molar-refractivity contribution in [2.24, 2.45) is 29.6 Å². The third-order valence-electron chi connectivity index (χ3n) is 12.9. The van der Waals surface area contributed by atoms with Gasteiger partial charge in [-0.25, -0.2) is 4.79 Å². The fourth-order valence-electron chi connectivity index (χ4n) is 9.42. The van der Waals surface area contributed by atoms with Crippen LogP contribution < -0.4 is 0 Å². The molecule has 1 aliphatic carbocycles. The minimum Gasteiger partial charge on any atom is -0.456 e. The van der Waals surface area contributed by atoms with E-state index in [4.69, 9.17) is 23.7 Å². The van der Waals surface area contributed by atoms with Gasteiger partial charge in [-0.15, -0.1) is 6.58 Å². The van der Waals surface area contributed by atoms with Gasteiger partial charge in [0.05, 0.1) is 30.5 Å². The van der Waals surface area contributed by atoms with Crippen molar-refractivity contribution in [2.45, 2.75) is 160 Å². The van der Waals surface area contributed by atoms with Crippen LogP contribution in [0.15, 0.2) is 36.0 Å². The predicted octanol–water partition coefficient (Wildman–Crippen LogP) is 4.64. The molecular weight excluding hydrogens is 734 g/mol. The van der Waals surface area contributed by atoms with Crippen LogP contribution in [-0.4, -0.2) is 126 Å². The first-order chi connectivity index (χ1) is 27.0. The summed E-state index contributed by atoms with van der Waals surface area (Å²) in [5, 5.41) is 34.1. The van der Waals surface area contributed by atoms with E-state index < -0.39 is 83.9 Å². The average Bonchev–Trinajstić information content (AvgIpc) is 3.18. The van der Waals surface area contributed by atoms with Crippen molar-refractivity contribution in [1.29, 1.82) is 0 Å². The van der Waals surface area contributed by atoms with E-state index in [-0.39, 0.29) is 49.5 Å². The van der Waals surface area contributed by atoms with E-state index in [0.29, 0.717) is 56.9 Å². The fourth-order valence-corrected chi connectivity index (χ4v) is 9.42. The first kappa shape index (κ1) is 46.9. The summed E-state index contributed by atoms with van der Waals surface area (Å²) in [5.74, 6) is -7.76.